The van der Waals surface area contributed by atoms with E-state index in [1.54, 1.807) is 6.20 Å². The molecule has 0 radical (unpaired) electrons. The molecule has 21 heavy (non-hydrogen) atoms. The van der Waals surface area contributed by atoms with Crippen LogP contribution in [0.1, 0.15) is 43.2 Å². The van der Waals surface area contributed by atoms with Crippen LogP contribution in [0.5, 0.6) is 0 Å². The summed E-state index contributed by atoms with van der Waals surface area (Å²) in [6, 6.07) is 0. The monoisotopic (exact) mass is 290 g/mol. The van der Waals surface area contributed by atoms with Crippen LogP contribution < -0.4 is 5.32 Å². The maximum atomic E-state index is 12.2. The maximum Gasteiger partial charge on any atom is 0.254 e. The lowest BCUT2D eigenvalue weighted by Gasteiger charge is -2.34. The average Bonchev–Trinajstić information content (AvgIpc) is 2.46. The van der Waals surface area contributed by atoms with Gasteiger partial charge in [-0.15, -0.1) is 0 Å². The Labute approximate surface area is 127 Å². The number of amides is 1. The SMILES string of the molecule is CCc1ncncc1C(=O)NCCN1C[C@H](C)C[C@@H](C)C1. The number of hydrogen-bond acceptors (Lipinski definition) is 4. The Balaban J connectivity index is 1.81. The molecule has 0 saturated carbocycles. The predicted molar refractivity (Wildman–Crippen MR) is 83.1 cm³/mol. The summed E-state index contributed by atoms with van der Waals surface area (Å²) in [5.74, 6) is 1.43. The molecule has 2 rings (SSSR count). The van der Waals surface area contributed by atoms with Crippen molar-refractivity contribution in [2.24, 2.45) is 11.8 Å². The number of rotatable bonds is 5. The number of hydrogen-bond donors (Lipinski definition) is 1. The van der Waals surface area contributed by atoms with Crippen LogP contribution in [0, 0.1) is 11.8 Å². The van der Waals surface area contributed by atoms with Gasteiger partial charge in [-0.1, -0.05) is 20.8 Å². The highest BCUT2D eigenvalue weighted by molar-refractivity contribution is 5.94. The van der Waals surface area contributed by atoms with E-state index in [4.69, 9.17) is 0 Å². The van der Waals surface area contributed by atoms with Crippen LogP contribution in [-0.4, -0.2) is 47.0 Å². The van der Waals surface area contributed by atoms with Crippen molar-refractivity contribution in [2.75, 3.05) is 26.2 Å². The molecule has 5 nitrogen and oxygen atoms in total. The molecule has 0 aliphatic carbocycles. The first-order valence-corrected chi connectivity index (χ1v) is 7.89. The zero-order chi connectivity index (χ0) is 15.2. The number of aryl methyl sites for hydroxylation is 1. The van der Waals surface area contributed by atoms with Crippen LogP contribution in [0.25, 0.3) is 0 Å². The molecule has 1 fully saturated rings. The minimum absolute atomic E-state index is 0.0643. The molecule has 1 amide bonds. The second-order valence-electron chi connectivity index (χ2n) is 6.20. The largest absolute Gasteiger partial charge is 0.351 e. The van der Waals surface area contributed by atoms with Gasteiger partial charge >= 0.3 is 0 Å². The van der Waals surface area contributed by atoms with Gasteiger partial charge < -0.3 is 10.2 Å². The van der Waals surface area contributed by atoms with Crippen LogP contribution in [0.2, 0.25) is 0 Å². The van der Waals surface area contributed by atoms with Gasteiger partial charge in [-0.25, -0.2) is 9.97 Å². The van der Waals surface area contributed by atoms with Crippen molar-refractivity contribution in [2.45, 2.75) is 33.6 Å². The van der Waals surface area contributed by atoms with Gasteiger partial charge in [-0.2, -0.15) is 0 Å². The van der Waals surface area contributed by atoms with E-state index >= 15 is 0 Å². The van der Waals surface area contributed by atoms with E-state index in [1.165, 1.54) is 12.7 Å². The molecule has 2 heterocycles. The van der Waals surface area contributed by atoms with Gasteiger partial charge in [0.15, 0.2) is 0 Å². The van der Waals surface area contributed by atoms with Crippen LogP contribution in [0.4, 0.5) is 0 Å². The number of carbonyl (C=O) groups is 1. The first-order chi connectivity index (χ1) is 10.1. The fraction of sp³-hybridized carbons (Fsp3) is 0.688. The normalized spacial score (nSPS) is 23.0. The van der Waals surface area contributed by atoms with Crippen molar-refractivity contribution < 1.29 is 4.79 Å². The molecule has 1 aromatic rings. The Hall–Kier alpha value is -1.49. The molecule has 0 spiro atoms. The molecular formula is C16H26N4O. The summed E-state index contributed by atoms with van der Waals surface area (Å²) in [6.07, 6.45) is 5.15. The summed E-state index contributed by atoms with van der Waals surface area (Å²) in [5, 5.41) is 2.99. The molecule has 0 aromatic carbocycles. The zero-order valence-electron chi connectivity index (χ0n) is 13.3. The molecule has 1 aliphatic rings. The number of nitrogens with one attached hydrogen (secondary N) is 1. The number of aromatic nitrogens is 2. The lowest BCUT2D eigenvalue weighted by Crippen LogP contribution is -2.43. The molecule has 1 aliphatic heterocycles. The fourth-order valence-electron chi connectivity index (χ4n) is 3.22. The molecule has 1 aromatic heterocycles. The first-order valence-electron chi connectivity index (χ1n) is 7.89. The van der Waals surface area contributed by atoms with Crippen LogP contribution in [0.3, 0.4) is 0 Å². The number of carbonyl (C=O) groups excluding carboxylic acids is 1. The second-order valence-corrected chi connectivity index (χ2v) is 6.20. The van der Waals surface area contributed by atoms with Crippen LogP contribution in [0.15, 0.2) is 12.5 Å². The van der Waals surface area contributed by atoms with Gasteiger partial charge in [0.1, 0.15) is 6.33 Å². The Bertz CT molecular complexity index is 467. The van der Waals surface area contributed by atoms with E-state index in [9.17, 15) is 4.79 Å². The highest BCUT2D eigenvalue weighted by atomic mass is 16.1. The van der Waals surface area contributed by atoms with Crippen LogP contribution >= 0.6 is 0 Å². The standard InChI is InChI=1S/C16H26N4O/c1-4-15-14(8-17-11-19-15)16(21)18-5-6-20-9-12(2)7-13(3)10-20/h8,11-13H,4-7,9-10H2,1-3H3,(H,18,21)/t12-,13-/m1/s1. The first kappa shape index (κ1) is 15.9. The van der Waals surface area contributed by atoms with E-state index in [1.807, 2.05) is 6.92 Å². The Kier molecular flexibility index (Phi) is 5.67. The summed E-state index contributed by atoms with van der Waals surface area (Å²) in [7, 11) is 0. The second kappa shape index (κ2) is 7.50. The number of piperidine rings is 1. The predicted octanol–water partition coefficient (Wildman–Crippen LogP) is 1.75. The van der Waals surface area contributed by atoms with E-state index < -0.39 is 0 Å². The van der Waals surface area contributed by atoms with E-state index in [0.717, 1.165) is 43.6 Å². The quantitative estimate of drug-likeness (QED) is 0.897. The highest BCUT2D eigenvalue weighted by Crippen LogP contribution is 2.20. The molecule has 5 heteroatoms. The van der Waals surface area contributed by atoms with Crippen molar-refractivity contribution in [3.8, 4) is 0 Å². The van der Waals surface area contributed by atoms with Crippen molar-refractivity contribution in [1.29, 1.82) is 0 Å². The van der Waals surface area contributed by atoms with Crippen molar-refractivity contribution in [3.63, 3.8) is 0 Å². The Morgan fingerprint density at radius 3 is 2.76 bits per heavy atom. The summed E-state index contributed by atoms with van der Waals surface area (Å²) in [4.78, 5) is 22.7. The third kappa shape index (κ3) is 4.49. The van der Waals surface area contributed by atoms with Crippen molar-refractivity contribution in [3.05, 3.63) is 23.8 Å². The van der Waals surface area contributed by atoms with E-state index in [0.29, 0.717) is 12.1 Å². The third-order valence-corrected chi connectivity index (χ3v) is 4.03. The fourth-order valence-corrected chi connectivity index (χ4v) is 3.22. The smallest absolute Gasteiger partial charge is 0.254 e. The summed E-state index contributed by atoms with van der Waals surface area (Å²) in [6.45, 7) is 10.5. The highest BCUT2D eigenvalue weighted by Gasteiger charge is 2.21. The van der Waals surface area contributed by atoms with Gasteiger partial charge in [0.05, 0.1) is 11.3 Å². The zero-order valence-corrected chi connectivity index (χ0v) is 13.3. The third-order valence-electron chi connectivity index (χ3n) is 4.03. The maximum absolute atomic E-state index is 12.2. The number of nitrogens with zero attached hydrogens (tertiary/aromatic N) is 3. The topological polar surface area (TPSA) is 58.1 Å². The van der Waals surface area contributed by atoms with Gasteiger partial charge in [-0.05, 0) is 24.7 Å². The van der Waals surface area contributed by atoms with Gasteiger partial charge in [0.25, 0.3) is 5.91 Å². The van der Waals surface area contributed by atoms with Crippen LogP contribution in [-0.2, 0) is 6.42 Å². The van der Waals surface area contributed by atoms with Gasteiger partial charge in [0.2, 0.25) is 0 Å². The van der Waals surface area contributed by atoms with Crippen molar-refractivity contribution >= 4 is 5.91 Å². The molecule has 116 valence electrons. The summed E-state index contributed by atoms with van der Waals surface area (Å²) >= 11 is 0. The minimum Gasteiger partial charge on any atom is -0.351 e. The summed E-state index contributed by atoms with van der Waals surface area (Å²) < 4.78 is 0. The number of likely N-dealkylation sites (tertiary alicyclic amines) is 1. The van der Waals surface area contributed by atoms with E-state index in [-0.39, 0.29) is 5.91 Å². The van der Waals surface area contributed by atoms with Crippen molar-refractivity contribution in [1.82, 2.24) is 20.2 Å². The summed E-state index contributed by atoms with van der Waals surface area (Å²) in [5.41, 5.74) is 1.41. The minimum atomic E-state index is -0.0643. The molecule has 1 N–H and O–H groups in total. The molecule has 2 atom stereocenters. The lowest BCUT2D eigenvalue weighted by atomic mass is 9.92. The lowest BCUT2D eigenvalue weighted by molar-refractivity contribution is 0.0935. The van der Waals surface area contributed by atoms with Gasteiger partial charge in [-0.3, -0.25) is 4.79 Å². The molecular weight excluding hydrogens is 264 g/mol. The van der Waals surface area contributed by atoms with Gasteiger partial charge in [0, 0.05) is 32.4 Å². The Morgan fingerprint density at radius 1 is 1.38 bits per heavy atom. The average molecular weight is 290 g/mol. The molecule has 0 unspecified atom stereocenters. The van der Waals surface area contributed by atoms with E-state index in [2.05, 4.69) is 34.0 Å². The molecule has 0 bridgehead atoms. The molecule has 1 saturated heterocycles. The Morgan fingerprint density at radius 2 is 2.10 bits per heavy atom.